The Morgan fingerprint density at radius 3 is 2.53 bits per heavy atom. The molecule has 1 aromatic carbocycles. The highest BCUT2D eigenvalue weighted by atomic mass is 32.2. The number of hydrogen-bond acceptors (Lipinski definition) is 4. The summed E-state index contributed by atoms with van der Waals surface area (Å²) < 4.78 is 5.07. The molecule has 0 heterocycles. The van der Waals surface area contributed by atoms with Crippen LogP contribution in [0.3, 0.4) is 0 Å². The van der Waals surface area contributed by atoms with E-state index >= 15 is 0 Å². The molecule has 0 atom stereocenters. The SMILES string of the molecule is C=CCN(C)/C(=C/C(=O)c1ccc(OC)cc1)SC. The lowest BCUT2D eigenvalue weighted by Gasteiger charge is -2.18. The van der Waals surface area contributed by atoms with Crippen LogP contribution < -0.4 is 4.74 Å². The maximum atomic E-state index is 12.1. The summed E-state index contributed by atoms with van der Waals surface area (Å²) in [5, 5.41) is 0.917. The van der Waals surface area contributed by atoms with Crippen LogP contribution >= 0.6 is 11.8 Å². The van der Waals surface area contributed by atoms with Crippen molar-refractivity contribution < 1.29 is 9.53 Å². The molecule has 0 saturated carbocycles. The van der Waals surface area contributed by atoms with Gasteiger partial charge in [0.25, 0.3) is 0 Å². The fourth-order valence-corrected chi connectivity index (χ4v) is 2.17. The van der Waals surface area contributed by atoms with Crippen LogP contribution in [-0.4, -0.2) is 37.6 Å². The second kappa shape index (κ2) is 7.69. The zero-order chi connectivity index (χ0) is 14.3. The molecule has 0 spiro atoms. The highest BCUT2D eigenvalue weighted by Crippen LogP contribution is 2.18. The first-order valence-corrected chi connectivity index (χ1v) is 7.11. The van der Waals surface area contributed by atoms with Crippen molar-refractivity contribution in [2.24, 2.45) is 0 Å². The molecule has 0 fully saturated rings. The predicted octanol–water partition coefficient (Wildman–Crippen LogP) is 3.20. The number of rotatable bonds is 7. The number of methoxy groups -OCH3 is 1. The average Bonchev–Trinajstić information content (AvgIpc) is 2.44. The number of allylic oxidation sites excluding steroid dienone is 1. The van der Waals surface area contributed by atoms with Crippen LogP contribution in [0.2, 0.25) is 0 Å². The molecule has 0 N–H and O–H groups in total. The van der Waals surface area contributed by atoms with Crippen LogP contribution in [0.5, 0.6) is 5.75 Å². The van der Waals surface area contributed by atoms with Gasteiger partial charge in [0.2, 0.25) is 0 Å². The van der Waals surface area contributed by atoms with Crippen molar-refractivity contribution in [3.63, 3.8) is 0 Å². The van der Waals surface area contributed by atoms with Crippen LogP contribution in [0, 0.1) is 0 Å². The quantitative estimate of drug-likeness (QED) is 0.435. The number of benzene rings is 1. The van der Waals surface area contributed by atoms with Gasteiger partial charge in [0, 0.05) is 25.2 Å². The maximum Gasteiger partial charge on any atom is 0.188 e. The minimum absolute atomic E-state index is 0.0112. The van der Waals surface area contributed by atoms with Gasteiger partial charge < -0.3 is 9.64 Å². The number of likely N-dealkylation sites (N-methyl/N-ethyl adjacent to an activating group) is 1. The molecule has 0 aromatic heterocycles. The summed E-state index contributed by atoms with van der Waals surface area (Å²) in [6.45, 7) is 4.41. The predicted molar refractivity (Wildman–Crippen MR) is 81.7 cm³/mol. The Kier molecular flexibility index (Phi) is 6.22. The molecule has 0 saturated heterocycles. The van der Waals surface area contributed by atoms with Crippen molar-refractivity contribution in [3.8, 4) is 5.75 Å². The first-order chi connectivity index (χ1) is 9.12. The maximum absolute atomic E-state index is 12.1. The normalized spacial score (nSPS) is 11.0. The zero-order valence-corrected chi connectivity index (χ0v) is 12.4. The fraction of sp³-hybridized carbons (Fsp3) is 0.267. The molecule has 4 heteroatoms. The van der Waals surface area contributed by atoms with Crippen LogP contribution in [0.15, 0.2) is 48.0 Å². The Morgan fingerprint density at radius 1 is 1.42 bits per heavy atom. The monoisotopic (exact) mass is 277 g/mol. The number of ketones is 1. The standard InChI is InChI=1S/C15H19NO2S/c1-5-10-16(2)15(19-4)11-14(17)12-6-8-13(18-3)9-7-12/h5-9,11H,1,10H2,2-4H3/b15-11-. The van der Waals surface area contributed by atoms with Gasteiger partial charge in [0.15, 0.2) is 5.78 Å². The van der Waals surface area contributed by atoms with Crippen molar-refractivity contribution in [2.75, 3.05) is 27.0 Å². The Balaban J connectivity index is 2.87. The largest absolute Gasteiger partial charge is 0.497 e. The molecular weight excluding hydrogens is 258 g/mol. The molecular formula is C15H19NO2S. The van der Waals surface area contributed by atoms with E-state index in [2.05, 4.69) is 6.58 Å². The van der Waals surface area contributed by atoms with Crippen molar-refractivity contribution in [3.05, 3.63) is 53.6 Å². The van der Waals surface area contributed by atoms with E-state index in [0.717, 1.165) is 10.8 Å². The molecule has 0 aliphatic carbocycles. The van der Waals surface area contributed by atoms with Gasteiger partial charge in [0.1, 0.15) is 5.75 Å². The van der Waals surface area contributed by atoms with E-state index in [9.17, 15) is 4.79 Å². The third-order valence-electron chi connectivity index (χ3n) is 2.62. The number of carbonyl (C=O) groups excluding carboxylic acids is 1. The van der Waals surface area contributed by atoms with Crippen molar-refractivity contribution in [1.82, 2.24) is 4.90 Å². The first-order valence-electron chi connectivity index (χ1n) is 5.88. The second-order valence-electron chi connectivity index (χ2n) is 3.95. The molecule has 102 valence electrons. The second-order valence-corrected chi connectivity index (χ2v) is 4.78. The van der Waals surface area contributed by atoms with Crippen molar-refractivity contribution >= 4 is 17.5 Å². The summed E-state index contributed by atoms with van der Waals surface area (Å²) in [5.41, 5.74) is 0.652. The third kappa shape index (κ3) is 4.48. The number of nitrogens with zero attached hydrogens (tertiary/aromatic N) is 1. The number of carbonyl (C=O) groups is 1. The van der Waals surface area contributed by atoms with Gasteiger partial charge in [-0.15, -0.1) is 18.3 Å². The summed E-state index contributed by atoms with van der Waals surface area (Å²) in [7, 11) is 3.54. The van der Waals surface area contributed by atoms with Gasteiger partial charge in [-0.05, 0) is 30.5 Å². The lowest BCUT2D eigenvalue weighted by molar-refractivity contribution is 0.104. The minimum Gasteiger partial charge on any atom is -0.497 e. The zero-order valence-electron chi connectivity index (χ0n) is 11.6. The van der Waals surface area contributed by atoms with Gasteiger partial charge in [0.05, 0.1) is 12.1 Å². The lowest BCUT2D eigenvalue weighted by atomic mass is 10.1. The Morgan fingerprint density at radius 2 is 2.05 bits per heavy atom. The molecule has 1 aromatic rings. The number of ether oxygens (including phenoxy) is 1. The molecule has 0 aliphatic heterocycles. The molecule has 0 unspecified atom stereocenters. The number of hydrogen-bond donors (Lipinski definition) is 0. The first kappa shape index (κ1) is 15.4. The van der Waals surface area contributed by atoms with Gasteiger partial charge in [-0.3, -0.25) is 4.79 Å². The molecule has 0 aliphatic rings. The van der Waals surface area contributed by atoms with Crippen LogP contribution in [0.1, 0.15) is 10.4 Å². The summed E-state index contributed by atoms with van der Waals surface area (Å²) in [6, 6.07) is 7.10. The summed E-state index contributed by atoms with van der Waals surface area (Å²) in [5.74, 6) is 0.734. The van der Waals surface area contributed by atoms with Crippen LogP contribution in [-0.2, 0) is 0 Å². The molecule has 0 radical (unpaired) electrons. The summed E-state index contributed by atoms with van der Waals surface area (Å²) in [4.78, 5) is 14.1. The van der Waals surface area contributed by atoms with Crippen molar-refractivity contribution in [2.45, 2.75) is 0 Å². The summed E-state index contributed by atoms with van der Waals surface area (Å²) >= 11 is 1.54. The van der Waals surface area contributed by atoms with E-state index in [4.69, 9.17) is 4.74 Å². The Labute approximate surface area is 118 Å². The van der Waals surface area contributed by atoms with E-state index in [1.165, 1.54) is 0 Å². The third-order valence-corrected chi connectivity index (χ3v) is 3.47. The van der Waals surface area contributed by atoms with Crippen molar-refractivity contribution in [1.29, 1.82) is 0 Å². The van der Waals surface area contributed by atoms with Crippen LogP contribution in [0.4, 0.5) is 0 Å². The molecule has 19 heavy (non-hydrogen) atoms. The lowest BCUT2D eigenvalue weighted by Crippen LogP contribution is -2.16. The minimum atomic E-state index is -0.0112. The van der Waals surface area contributed by atoms with Crippen LogP contribution in [0.25, 0.3) is 0 Å². The Bertz CT molecular complexity index is 466. The van der Waals surface area contributed by atoms with Gasteiger partial charge in [-0.2, -0.15) is 0 Å². The van der Waals surface area contributed by atoms with Gasteiger partial charge in [-0.25, -0.2) is 0 Å². The Hall–Kier alpha value is -1.68. The topological polar surface area (TPSA) is 29.5 Å². The smallest absolute Gasteiger partial charge is 0.188 e. The highest BCUT2D eigenvalue weighted by Gasteiger charge is 2.07. The number of thioether (sulfide) groups is 1. The average molecular weight is 277 g/mol. The molecule has 0 amide bonds. The molecule has 0 bridgehead atoms. The van der Waals surface area contributed by atoms with E-state index in [1.54, 1.807) is 49.2 Å². The highest BCUT2D eigenvalue weighted by molar-refractivity contribution is 8.02. The van der Waals surface area contributed by atoms with E-state index in [-0.39, 0.29) is 5.78 Å². The van der Waals surface area contributed by atoms with Gasteiger partial charge >= 0.3 is 0 Å². The summed E-state index contributed by atoms with van der Waals surface area (Å²) in [6.07, 6.45) is 5.41. The van der Waals surface area contributed by atoms with Gasteiger partial charge in [-0.1, -0.05) is 6.08 Å². The molecule has 1 rings (SSSR count). The molecule has 3 nitrogen and oxygen atoms in total. The van der Waals surface area contributed by atoms with E-state index in [1.807, 2.05) is 24.3 Å². The fourth-order valence-electron chi connectivity index (χ4n) is 1.56. The van der Waals surface area contributed by atoms with E-state index < -0.39 is 0 Å². The van der Waals surface area contributed by atoms with E-state index in [0.29, 0.717) is 12.1 Å².